The van der Waals surface area contributed by atoms with Gasteiger partial charge in [-0.3, -0.25) is 4.79 Å². The van der Waals surface area contributed by atoms with Crippen molar-refractivity contribution < 1.29 is 9.53 Å². The summed E-state index contributed by atoms with van der Waals surface area (Å²) in [7, 11) is 0. The Morgan fingerprint density at radius 1 is 1.58 bits per heavy atom. The molecule has 0 aliphatic rings. The lowest BCUT2D eigenvalue weighted by Crippen LogP contribution is -2.15. The minimum Gasteiger partial charge on any atom is -0.407 e. The molecule has 0 amide bonds. The molecule has 1 aromatic heterocycles. The highest BCUT2D eigenvalue weighted by molar-refractivity contribution is 5.73. The standard InChI is InChI=1S/C8H10N2O2/c1-6(2)8(11)12-7-3-4-9-5-10-7/h3-6H,1-2H3. The van der Waals surface area contributed by atoms with Crippen LogP contribution in [0.1, 0.15) is 13.8 Å². The van der Waals surface area contributed by atoms with Gasteiger partial charge in [-0.2, -0.15) is 0 Å². The first kappa shape index (κ1) is 8.64. The highest BCUT2D eigenvalue weighted by Crippen LogP contribution is 2.05. The number of esters is 1. The lowest BCUT2D eigenvalue weighted by molar-refractivity contribution is -0.138. The van der Waals surface area contributed by atoms with Gasteiger partial charge < -0.3 is 4.74 Å². The van der Waals surface area contributed by atoms with Gasteiger partial charge in [-0.25, -0.2) is 9.97 Å². The first-order valence-electron chi connectivity index (χ1n) is 3.68. The predicted octanol–water partition coefficient (Wildman–Crippen LogP) is 1.04. The molecule has 0 aromatic carbocycles. The van der Waals surface area contributed by atoms with E-state index in [0.717, 1.165) is 0 Å². The van der Waals surface area contributed by atoms with E-state index < -0.39 is 0 Å². The Balaban J connectivity index is 2.59. The van der Waals surface area contributed by atoms with Crippen LogP contribution in [0, 0.1) is 5.92 Å². The van der Waals surface area contributed by atoms with Crippen LogP contribution in [0.15, 0.2) is 18.6 Å². The van der Waals surface area contributed by atoms with Crippen molar-refractivity contribution in [3.8, 4) is 5.88 Å². The molecule has 0 fully saturated rings. The summed E-state index contributed by atoms with van der Waals surface area (Å²) in [5.74, 6) is -0.127. The van der Waals surface area contributed by atoms with Crippen LogP contribution in [0.25, 0.3) is 0 Å². The van der Waals surface area contributed by atoms with Crippen LogP contribution in [-0.4, -0.2) is 15.9 Å². The van der Waals surface area contributed by atoms with Gasteiger partial charge >= 0.3 is 5.97 Å². The number of aromatic nitrogens is 2. The molecule has 1 rings (SSSR count). The molecule has 4 heteroatoms. The van der Waals surface area contributed by atoms with E-state index in [1.807, 2.05) is 0 Å². The van der Waals surface area contributed by atoms with E-state index in [1.54, 1.807) is 19.9 Å². The van der Waals surface area contributed by atoms with E-state index in [2.05, 4.69) is 9.97 Å². The van der Waals surface area contributed by atoms with Crippen LogP contribution in [0.5, 0.6) is 5.88 Å². The number of nitrogens with zero attached hydrogens (tertiary/aromatic N) is 2. The summed E-state index contributed by atoms with van der Waals surface area (Å²) >= 11 is 0. The normalized spacial score (nSPS) is 9.92. The van der Waals surface area contributed by atoms with Crippen LogP contribution in [0.4, 0.5) is 0 Å². The predicted molar refractivity (Wildman–Crippen MR) is 42.5 cm³/mol. The second-order valence-electron chi connectivity index (χ2n) is 2.62. The summed E-state index contributed by atoms with van der Waals surface area (Å²) in [4.78, 5) is 18.5. The van der Waals surface area contributed by atoms with Crippen LogP contribution >= 0.6 is 0 Å². The minimum atomic E-state index is -0.284. The third kappa shape index (κ3) is 2.30. The van der Waals surface area contributed by atoms with E-state index in [1.165, 1.54) is 12.5 Å². The highest BCUT2D eigenvalue weighted by atomic mass is 16.5. The molecule has 0 unspecified atom stereocenters. The number of carbonyl (C=O) groups is 1. The fraction of sp³-hybridized carbons (Fsp3) is 0.375. The Bertz CT molecular complexity index is 259. The molecule has 0 spiro atoms. The summed E-state index contributed by atoms with van der Waals surface area (Å²) in [5.41, 5.74) is 0. The lowest BCUT2D eigenvalue weighted by Gasteiger charge is -2.03. The maximum atomic E-state index is 11.0. The van der Waals surface area contributed by atoms with Crippen molar-refractivity contribution >= 4 is 5.97 Å². The molecule has 0 aliphatic heterocycles. The molecule has 12 heavy (non-hydrogen) atoms. The monoisotopic (exact) mass is 166 g/mol. The lowest BCUT2D eigenvalue weighted by atomic mass is 10.2. The highest BCUT2D eigenvalue weighted by Gasteiger charge is 2.09. The summed E-state index contributed by atoms with van der Waals surface area (Å²) in [6, 6.07) is 1.54. The van der Waals surface area contributed by atoms with Crippen LogP contribution in [0.3, 0.4) is 0 Å². The molecule has 0 radical (unpaired) electrons. The number of ether oxygens (including phenoxy) is 1. The van der Waals surface area contributed by atoms with Gasteiger partial charge in [-0.1, -0.05) is 13.8 Å². The molecule has 0 saturated carbocycles. The number of hydrogen-bond acceptors (Lipinski definition) is 4. The number of rotatable bonds is 2. The topological polar surface area (TPSA) is 52.1 Å². The number of carbonyl (C=O) groups excluding carboxylic acids is 1. The number of hydrogen-bond donors (Lipinski definition) is 0. The third-order valence-corrected chi connectivity index (χ3v) is 1.23. The Morgan fingerprint density at radius 2 is 2.33 bits per heavy atom. The molecule has 0 aliphatic carbocycles. The van der Waals surface area contributed by atoms with Gasteiger partial charge in [0.25, 0.3) is 0 Å². The molecule has 1 aromatic rings. The maximum Gasteiger partial charge on any atom is 0.315 e. The Kier molecular flexibility index (Phi) is 2.74. The van der Waals surface area contributed by atoms with Gasteiger partial charge in [-0.05, 0) is 0 Å². The SMILES string of the molecule is CC(C)C(=O)Oc1ccncn1. The Morgan fingerprint density at radius 3 is 2.83 bits per heavy atom. The zero-order valence-corrected chi connectivity index (χ0v) is 7.02. The molecule has 1 heterocycles. The van der Waals surface area contributed by atoms with Crippen molar-refractivity contribution in [2.75, 3.05) is 0 Å². The summed E-state index contributed by atoms with van der Waals surface area (Å²) < 4.78 is 4.89. The van der Waals surface area contributed by atoms with E-state index in [-0.39, 0.29) is 11.9 Å². The second kappa shape index (κ2) is 3.80. The first-order valence-corrected chi connectivity index (χ1v) is 3.68. The third-order valence-electron chi connectivity index (χ3n) is 1.23. The maximum absolute atomic E-state index is 11.0. The van der Waals surface area contributed by atoms with Crippen LogP contribution in [-0.2, 0) is 4.79 Å². The van der Waals surface area contributed by atoms with Gasteiger partial charge in [-0.15, -0.1) is 0 Å². The average molecular weight is 166 g/mol. The zero-order valence-electron chi connectivity index (χ0n) is 7.02. The van der Waals surface area contributed by atoms with E-state index >= 15 is 0 Å². The van der Waals surface area contributed by atoms with Gasteiger partial charge in [0.15, 0.2) is 0 Å². The quantitative estimate of drug-likeness (QED) is 0.616. The smallest absolute Gasteiger partial charge is 0.315 e. The van der Waals surface area contributed by atoms with Crippen molar-refractivity contribution in [2.45, 2.75) is 13.8 Å². The largest absolute Gasteiger partial charge is 0.407 e. The molecule has 4 nitrogen and oxygen atoms in total. The minimum absolute atomic E-state index is 0.139. The van der Waals surface area contributed by atoms with Gasteiger partial charge in [0.2, 0.25) is 5.88 Å². The molecule has 0 bridgehead atoms. The molecule has 0 atom stereocenters. The van der Waals surface area contributed by atoms with Crippen molar-refractivity contribution in [3.05, 3.63) is 18.6 Å². The second-order valence-corrected chi connectivity index (χ2v) is 2.62. The Hall–Kier alpha value is -1.45. The molecule has 64 valence electrons. The zero-order chi connectivity index (χ0) is 8.97. The van der Waals surface area contributed by atoms with Gasteiger partial charge in [0, 0.05) is 12.3 Å². The van der Waals surface area contributed by atoms with Crippen LogP contribution < -0.4 is 4.74 Å². The van der Waals surface area contributed by atoms with Crippen LogP contribution in [0.2, 0.25) is 0 Å². The molecule has 0 N–H and O–H groups in total. The molecular formula is C8H10N2O2. The van der Waals surface area contributed by atoms with Crippen molar-refractivity contribution in [3.63, 3.8) is 0 Å². The van der Waals surface area contributed by atoms with Crippen molar-refractivity contribution in [2.24, 2.45) is 5.92 Å². The van der Waals surface area contributed by atoms with Crippen molar-refractivity contribution in [1.82, 2.24) is 9.97 Å². The van der Waals surface area contributed by atoms with Crippen molar-refractivity contribution in [1.29, 1.82) is 0 Å². The summed E-state index contributed by atoms with van der Waals surface area (Å²) in [5, 5.41) is 0. The fourth-order valence-corrected chi connectivity index (χ4v) is 0.560. The molecular weight excluding hydrogens is 156 g/mol. The summed E-state index contributed by atoms with van der Waals surface area (Å²) in [6.07, 6.45) is 2.86. The van der Waals surface area contributed by atoms with Gasteiger partial charge in [0.1, 0.15) is 6.33 Å². The Labute approximate surface area is 70.6 Å². The van der Waals surface area contributed by atoms with Gasteiger partial charge in [0.05, 0.1) is 5.92 Å². The fourth-order valence-electron chi connectivity index (χ4n) is 0.560. The summed E-state index contributed by atoms with van der Waals surface area (Å²) in [6.45, 7) is 3.53. The van der Waals surface area contributed by atoms with E-state index in [9.17, 15) is 4.79 Å². The first-order chi connectivity index (χ1) is 5.70. The molecule has 0 saturated heterocycles. The average Bonchev–Trinajstić information content (AvgIpc) is 2.06. The van der Waals surface area contributed by atoms with E-state index in [4.69, 9.17) is 4.74 Å². The van der Waals surface area contributed by atoms with E-state index in [0.29, 0.717) is 5.88 Å².